The fourth-order valence-electron chi connectivity index (χ4n) is 5.92. The molecule has 9 heteroatoms. The van der Waals surface area contributed by atoms with E-state index in [9.17, 15) is 0 Å². The lowest BCUT2D eigenvalue weighted by molar-refractivity contribution is 0.0863. The quantitative estimate of drug-likeness (QED) is 0.155. The third-order valence-corrected chi connectivity index (χ3v) is 8.91. The third-order valence-electron chi connectivity index (χ3n) is 8.00. The molecule has 3 unspecified atom stereocenters. The zero-order valence-corrected chi connectivity index (χ0v) is 24.2. The van der Waals surface area contributed by atoms with Crippen molar-refractivity contribution < 1.29 is 9.47 Å². The van der Waals surface area contributed by atoms with Crippen molar-refractivity contribution in [1.82, 2.24) is 19.5 Å². The summed E-state index contributed by atoms with van der Waals surface area (Å²) in [5.41, 5.74) is 5.60. The van der Waals surface area contributed by atoms with Crippen molar-refractivity contribution in [3.8, 4) is 5.75 Å². The van der Waals surface area contributed by atoms with Gasteiger partial charge in [-0.15, -0.1) is 0 Å². The van der Waals surface area contributed by atoms with Crippen molar-refractivity contribution in [2.75, 3.05) is 19.0 Å². The Morgan fingerprint density at radius 1 is 1.10 bits per heavy atom. The first-order valence-corrected chi connectivity index (χ1v) is 14.5. The maximum Gasteiger partial charge on any atom is 0.145 e. The maximum absolute atomic E-state index is 6.29. The number of benzene rings is 2. The Bertz CT molecular complexity index is 1750. The number of nitrogens with one attached hydrogen (secondary N) is 1. The minimum Gasteiger partial charge on any atom is -0.497 e. The van der Waals surface area contributed by atoms with Gasteiger partial charge in [0.15, 0.2) is 0 Å². The van der Waals surface area contributed by atoms with Crippen LogP contribution in [0.2, 0.25) is 5.15 Å². The van der Waals surface area contributed by atoms with E-state index in [1.54, 1.807) is 7.11 Å². The van der Waals surface area contributed by atoms with E-state index in [4.69, 9.17) is 26.1 Å². The molecule has 7 rings (SSSR count). The van der Waals surface area contributed by atoms with Gasteiger partial charge in [-0.2, -0.15) is 0 Å². The van der Waals surface area contributed by atoms with E-state index in [0.717, 1.165) is 56.4 Å². The highest BCUT2D eigenvalue weighted by atomic mass is 79.9. The molecule has 1 fully saturated rings. The maximum atomic E-state index is 6.29. The van der Waals surface area contributed by atoms with Crippen molar-refractivity contribution >= 4 is 55.3 Å². The molecule has 0 bridgehead atoms. The topological polar surface area (TPSA) is 74.1 Å². The molecule has 40 heavy (non-hydrogen) atoms. The number of ether oxygens (including phenoxy) is 2. The second-order valence-electron chi connectivity index (χ2n) is 10.4. The Labute approximate surface area is 245 Å². The van der Waals surface area contributed by atoms with Gasteiger partial charge >= 0.3 is 0 Å². The Morgan fingerprint density at radius 3 is 2.80 bits per heavy atom. The molecule has 0 saturated carbocycles. The monoisotopic (exact) mass is 615 g/mol. The first-order chi connectivity index (χ1) is 19.6. The summed E-state index contributed by atoms with van der Waals surface area (Å²) in [6.45, 7) is 1.35. The molecule has 2 aromatic carbocycles. The van der Waals surface area contributed by atoms with E-state index >= 15 is 0 Å². The van der Waals surface area contributed by atoms with Gasteiger partial charge < -0.3 is 19.4 Å². The summed E-state index contributed by atoms with van der Waals surface area (Å²) in [7, 11) is 1.68. The van der Waals surface area contributed by atoms with Crippen LogP contribution >= 0.6 is 27.5 Å². The van der Waals surface area contributed by atoms with Crippen LogP contribution in [0.4, 0.5) is 5.82 Å². The third kappa shape index (κ3) is 4.74. The Kier molecular flexibility index (Phi) is 6.70. The second kappa shape index (κ2) is 10.5. The molecule has 1 saturated heterocycles. The van der Waals surface area contributed by atoms with Crippen LogP contribution in [0, 0.1) is 5.92 Å². The highest BCUT2D eigenvalue weighted by Gasteiger charge is 2.39. The summed E-state index contributed by atoms with van der Waals surface area (Å²) in [6, 6.07) is 18.9. The SMILES string of the molecule is COc1ccc(CNc2nc3cc(CC4OCC5=CC(n6ccc7c(Cl)ncnc76)CC54)ccc3cc2Br)cc1. The van der Waals surface area contributed by atoms with E-state index < -0.39 is 0 Å². The molecule has 5 aromatic rings. The van der Waals surface area contributed by atoms with E-state index in [0.29, 0.717) is 24.2 Å². The summed E-state index contributed by atoms with van der Waals surface area (Å²) in [4.78, 5) is 13.6. The number of hydrogen-bond acceptors (Lipinski definition) is 6. The number of rotatable bonds is 7. The number of halogens is 2. The van der Waals surface area contributed by atoms with Crippen molar-refractivity contribution in [3.05, 3.63) is 99.5 Å². The van der Waals surface area contributed by atoms with Crippen LogP contribution in [0.1, 0.15) is 23.6 Å². The van der Waals surface area contributed by atoms with Gasteiger partial charge in [0.25, 0.3) is 0 Å². The van der Waals surface area contributed by atoms with Crippen LogP contribution in [-0.4, -0.2) is 39.3 Å². The zero-order chi connectivity index (χ0) is 27.2. The summed E-state index contributed by atoms with van der Waals surface area (Å²) in [6.07, 6.45) is 7.91. The lowest BCUT2D eigenvalue weighted by atomic mass is 9.92. The molecular weight excluding hydrogens is 590 g/mol. The average Bonchev–Trinajstić information content (AvgIpc) is 3.68. The van der Waals surface area contributed by atoms with Crippen molar-refractivity contribution in [1.29, 1.82) is 0 Å². The number of fused-ring (bicyclic) bond motifs is 3. The van der Waals surface area contributed by atoms with Crippen molar-refractivity contribution in [3.63, 3.8) is 0 Å². The molecule has 3 aromatic heterocycles. The van der Waals surface area contributed by atoms with Gasteiger partial charge in [-0.1, -0.05) is 41.9 Å². The number of aromatic nitrogens is 4. The Morgan fingerprint density at radius 2 is 1.95 bits per heavy atom. The molecule has 3 atom stereocenters. The highest BCUT2D eigenvalue weighted by molar-refractivity contribution is 9.10. The number of methoxy groups -OCH3 is 1. The van der Waals surface area contributed by atoms with Crippen LogP contribution in [-0.2, 0) is 17.7 Å². The normalized spacial score (nSPS) is 20.2. The lowest BCUT2D eigenvalue weighted by Gasteiger charge is -2.20. The number of allylic oxidation sites excluding steroid dienone is 1. The summed E-state index contributed by atoms with van der Waals surface area (Å²) in [5.74, 6) is 2.06. The molecule has 202 valence electrons. The number of hydrogen-bond donors (Lipinski definition) is 1. The van der Waals surface area contributed by atoms with Gasteiger partial charge in [0.2, 0.25) is 0 Å². The molecule has 2 aliphatic rings. The van der Waals surface area contributed by atoms with E-state index in [-0.39, 0.29) is 12.1 Å². The number of nitrogens with zero attached hydrogens (tertiary/aromatic N) is 4. The molecule has 1 N–H and O–H groups in total. The van der Waals surface area contributed by atoms with Gasteiger partial charge in [0, 0.05) is 24.0 Å². The molecular formula is C31H27BrClN5O2. The zero-order valence-electron chi connectivity index (χ0n) is 21.8. The molecule has 1 aliphatic heterocycles. The largest absolute Gasteiger partial charge is 0.497 e. The predicted molar refractivity (Wildman–Crippen MR) is 161 cm³/mol. The van der Waals surface area contributed by atoms with Gasteiger partial charge in [-0.05, 0) is 75.8 Å². The summed E-state index contributed by atoms with van der Waals surface area (Å²) in [5, 5.41) is 5.94. The molecule has 0 amide bonds. The first-order valence-electron chi connectivity index (χ1n) is 13.3. The van der Waals surface area contributed by atoms with Gasteiger partial charge in [0.1, 0.15) is 28.7 Å². The smallest absolute Gasteiger partial charge is 0.145 e. The van der Waals surface area contributed by atoms with E-state index in [1.807, 2.05) is 18.2 Å². The van der Waals surface area contributed by atoms with Gasteiger partial charge in [-0.3, -0.25) is 0 Å². The number of anilines is 1. The second-order valence-corrected chi connectivity index (χ2v) is 11.6. The Hall–Kier alpha value is -3.46. The lowest BCUT2D eigenvalue weighted by Crippen LogP contribution is -2.20. The van der Waals surface area contributed by atoms with Crippen LogP contribution in [0.25, 0.3) is 21.9 Å². The minimum absolute atomic E-state index is 0.136. The van der Waals surface area contributed by atoms with Gasteiger partial charge in [0.05, 0.1) is 41.2 Å². The summed E-state index contributed by atoms with van der Waals surface area (Å²) < 4.78 is 14.7. The first kappa shape index (κ1) is 25.5. The molecule has 1 aliphatic carbocycles. The summed E-state index contributed by atoms with van der Waals surface area (Å²) >= 11 is 9.97. The molecule has 0 spiro atoms. The minimum atomic E-state index is 0.136. The number of pyridine rings is 1. The fraction of sp³-hybridized carbons (Fsp3) is 0.258. The molecule has 7 nitrogen and oxygen atoms in total. The van der Waals surface area contributed by atoms with Crippen molar-refractivity contribution in [2.45, 2.75) is 31.5 Å². The predicted octanol–water partition coefficient (Wildman–Crippen LogP) is 7.15. The average molecular weight is 617 g/mol. The fourth-order valence-corrected chi connectivity index (χ4v) is 6.58. The van der Waals surface area contributed by atoms with Crippen LogP contribution in [0.3, 0.4) is 0 Å². The van der Waals surface area contributed by atoms with Crippen molar-refractivity contribution in [2.24, 2.45) is 5.92 Å². The van der Waals surface area contributed by atoms with Crippen LogP contribution in [0.15, 0.2) is 83.2 Å². The molecule has 4 heterocycles. The van der Waals surface area contributed by atoms with E-state index in [1.165, 1.54) is 17.5 Å². The standard InChI is InChI=1S/C31H27BrClN5O2/c1-39-23-6-3-18(4-7-23)15-34-30-26(32)13-20-5-2-19(10-27(20)37-30)11-28-25-14-22(12-21(25)16-40-28)38-9-8-24-29(33)35-17-36-31(24)38/h2-10,12-13,17,22,25,28H,11,14-16H2,1H3,(H,34,37). The van der Waals surface area contributed by atoms with Crippen LogP contribution in [0.5, 0.6) is 5.75 Å². The highest BCUT2D eigenvalue weighted by Crippen LogP contribution is 2.43. The van der Waals surface area contributed by atoms with Gasteiger partial charge in [-0.25, -0.2) is 15.0 Å². The molecule has 0 radical (unpaired) electrons. The van der Waals surface area contributed by atoms with E-state index in [2.05, 4.69) is 84.5 Å². The Balaban J connectivity index is 1.07. The van der Waals surface area contributed by atoms with Crippen LogP contribution < -0.4 is 10.1 Å².